The maximum atomic E-state index is 12.5. The number of nitrogens with two attached hydrogens (primary N) is 2. The summed E-state index contributed by atoms with van der Waals surface area (Å²) in [5.41, 5.74) is 7.48. The van der Waals surface area contributed by atoms with Gasteiger partial charge in [-0.3, -0.25) is 20.2 Å². The van der Waals surface area contributed by atoms with Crippen LogP contribution >= 0.6 is 0 Å². The summed E-state index contributed by atoms with van der Waals surface area (Å²) in [6, 6.07) is 7.54. The third-order valence-corrected chi connectivity index (χ3v) is 4.85. The molecule has 0 aliphatic heterocycles. The van der Waals surface area contributed by atoms with Crippen LogP contribution in [0.25, 0.3) is 0 Å². The van der Waals surface area contributed by atoms with Crippen LogP contribution in [0.15, 0.2) is 46.2 Å². The highest BCUT2D eigenvalue weighted by molar-refractivity contribution is 7.91. The van der Waals surface area contributed by atoms with Crippen LogP contribution in [0.2, 0.25) is 0 Å². The van der Waals surface area contributed by atoms with Crippen molar-refractivity contribution in [3.05, 3.63) is 56.6 Å². The number of rotatable bonds is 4. The van der Waals surface area contributed by atoms with Crippen LogP contribution in [0.4, 0.5) is 22.7 Å². The molecule has 0 bridgehead atoms. The molecule has 0 fully saturated rings. The first-order valence-corrected chi connectivity index (χ1v) is 7.47. The van der Waals surface area contributed by atoms with E-state index < -0.39 is 47.3 Å². The average molecular weight is 338 g/mol. The molecule has 0 aliphatic carbocycles. The molecular weight excluding hydrogens is 328 g/mol. The molecule has 0 saturated heterocycles. The lowest BCUT2D eigenvalue weighted by molar-refractivity contribution is -0.392. The van der Waals surface area contributed by atoms with Gasteiger partial charge in [-0.1, -0.05) is 18.2 Å². The zero-order chi connectivity index (χ0) is 17.4. The van der Waals surface area contributed by atoms with E-state index in [-0.39, 0.29) is 4.90 Å². The molecule has 0 heterocycles. The lowest BCUT2D eigenvalue weighted by atomic mass is 10.2. The van der Waals surface area contributed by atoms with Crippen molar-refractivity contribution in [3.63, 3.8) is 0 Å². The number of nitro benzene ring substituents is 2. The van der Waals surface area contributed by atoms with Crippen molar-refractivity contribution in [1.29, 1.82) is 0 Å². The summed E-state index contributed by atoms with van der Waals surface area (Å²) in [7, 11) is -4.29. The van der Waals surface area contributed by atoms with Crippen molar-refractivity contribution in [3.8, 4) is 0 Å². The van der Waals surface area contributed by atoms with Gasteiger partial charge >= 0.3 is 11.4 Å². The van der Waals surface area contributed by atoms with E-state index in [0.29, 0.717) is 6.07 Å². The second-order valence-electron chi connectivity index (χ2n) is 4.40. The number of sulfone groups is 1. The zero-order valence-corrected chi connectivity index (χ0v) is 12.2. The number of anilines is 2. The number of nitrogens with zero attached hydrogens (tertiary/aromatic N) is 2. The van der Waals surface area contributed by atoms with Crippen molar-refractivity contribution < 1.29 is 18.3 Å². The minimum atomic E-state index is -4.29. The third kappa shape index (κ3) is 2.64. The summed E-state index contributed by atoms with van der Waals surface area (Å²) in [5, 5.41) is 22.1. The van der Waals surface area contributed by atoms with Crippen molar-refractivity contribution in [1.82, 2.24) is 0 Å². The fraction of sp³-hybridized carbons (Fsp3) is 0. The molecule has 0 atom stereocenters. The predicted octanol–water partition coefficient (Wildman–Crippen LogP) is 1.50. The van der Waals surface area contributed by atoms with E-state index in [1.54, 1.807) is 6.07 Å². The molecular formula is C12H10N4O6S. The summed E-state index contributed by atoms with van der Waals surface area (Å²) < 4.78 is 25.1. The molecule has 2 aromatic carbocycles. The summed E-state index contributed by atoms with van der Waals surface area (Å²) >= 11 is 0. The van der Waals surface area contributed by atoms with Gasteiger partial charge in [0.25, 0.3) is 0 Å². The van der Waals surface area contributed by atoms with Gasteiger partial charge in [-0.05, 0) is 12.1 Å². The van der Waals surface area contributed by atoms with Gasteiger partial charge in [0.2, 0.25) is 9.84 Å². The van der Waals surface area contributed by atoms with Gasteiger partial charge in [0.15, 0.2) is 5.69 Å². The Bertz CT molecular complexity index is 911. The third-order valence-electron chi connectivity index (χ3n) is 3.04. The zero-order valence-electron chi connectivity index (χ0n) is 11.4. The number of benzene rings is 2. The van der Waals surface area contributed by atoms with Crippen LogP contribution in [0.1, 0.15) is 0 Å². The van der Waals surface area contributed by atoms with Crippen molar-refractivity contribution in [2.45, 2.75) is 9.79 Å². The summed E-state index contributed by atoms with van der Waals surface area (Å²) in [4.78, 5) is 19.0. The van der Waals surface area contributed by atoms with Gasteiger partial charge in [0.1, 0.15) is 10.6 Å². The molecule has 0 radical (unpaired) electrons. The molecule has 0 aromatic heterocycles. The first-order valence-electron chi connectivity index (χ1n) is 5.98. The average Bonchev–Trinajstić information content (AvgIpc) is 2.47. The monoisotopic (exact) mass is 338 g/mol. The Morgan fingerprint density at radius 3 is 1.96 bits per heavy atom. The van der Waals surface area contributed by atoms with E-state index >= 15 is 0 Å². The van der Waals surface area contributed by atoms with Gasteiger partial charge in [-0.15, -0.1) is 0 Å². The quantitative estimate of drug-likeness (QED) is 0.479. The molecule has 0 spiro atoms. The molecule has 0 aliphatic rings. The molecule has 11 heteroatoms. The van der Waals surface area contributed by atoms with Crippen molar-refractivity contribution in [2.24, 2.45) is 0 Å². The number of nitro groups is 2. The van der Waals surface area contributed by atoms with Crippen molar-refractivity contribution >= 4 is 32.6 Å². The number of nitrogen functional groups attached to an aromatic ring is 2. The Morgan fingerprint density at radius 1 is 0.913 bits per heavy atom. The molecule has 0 unspecified atom stereocenters. The first kappa shape index (κ1) is 16.2. The normalized spacial score (nSPS) is 11.1. The van der Waals surface area contributed by atoms with E-state index in [4.69, 9.17) is 11.5 Å². The molecule has 2 aromatic rings. The molecule has 10 nitrogen and oxygen atoms in total. The smallest absolute Gasteiger partial charge is 0.323 e. The topological polar surface area (TPSA) is 172 Å². The second kappa shape index (κ2) is 5.53. The minimum absolute atomic E-state index is 0.208. The van der Waals surface area contributed by atoms with E-state index in [9.17, 15) is 28.6 Å². The van der Waals surface area contributed by atoms with E-state index in [0.717, 1.165) is 0 Å². The lowest BCUT2D eigenvalue weighted by Gasteiger charge is -2.09. The van der Waals surface area contributed by atoms with Crippen molar-refractivity contribution in [2.75, 3.05) is 11.5 Å². The van der Waals surface area contributed by atoms with Crippen LogP contribution in [-0.2, 0) is 9.84 Å². The Morgan fingerprint density at radius 2 is 1.48 bits per heavy atom. The lowest BCUT2D eigenvalue weighted by Crippen LogP contribution is -2.11. The minimum Gasteiger partial charge on any atom is -0.392 e. The fourth-order valence-electron chi connectivity index (χ4n) is 1.96. The SMILES string of the molecule is Nc1c([N+](=O)[O-])cc(S(=O)(=O)c2ccccc2)c(N)c1[N+](=O)[O-]. The standard InChI is InChI=1S/C12H10N4O6S/c13-10-8(15(17)18)6-9(11(14)12(10)16(19)20)23(21,22)7-4-2-1-3-5-7/h1-6H,13-14H2. The number of hydrogen-bond donors (Lipinski definition) is 2. The molecule has 4 N–H and O–H groups in total. The van der Waals surface area contributed by atoms with Gasteiger partial charge in [0, 0.05) is 6.07 Å². The van der Waals surface area contributed by atoms with Crippen LogP contribution in [0, 0.1) is 20.2 Å². The summed E-state index contributed by atoms with van der Waals surface area (Å²) in [6.45, 7) is 0. The molecule has 23 heavy (non-hydrogen) atoms. The van der Waals surface area contributed by atoms with E-state index in [1.807, 2.05) is 0 Å². The maximum absolute atomic E-state index is 12.5. The van der Waals surface area contributed by atoms with Gasteiger partial charge in [-0.25, -0.2) is 8.42 Å². The Hall–Kier alpha value is -3.21. The van der Waals surface area contributed by atoms with Crippen LogP contribution < -0.4 is 11.5 Å². The van der Waals surface area contributed by atoms with Crippen LogP contribution in [-0.4, -0.2) is 18.3 Å². The molecule has 120 valence electrons. The fourth-order valence-corrected chi connectivity index (χ4v) is 3.38. The molecule has 0 saturated carbocycles. The largest absolute Gasteiger partial charge is 0.392 e. The Labute approximate surface area is 129 Å². The van der Waals surface area contributed by atoms with E-state index in [2.05, 4.69) is 0 Å². The Kier molecular flexibility index (Phi) is 3.89. The summed E-state index contributed by atoms with van der Waals surface area (Å²) in [5.74, 6) is 0. The predicted molar refractivity (Wildman–Crippen MR) is 80.5 cm³/mol. The highest BCUT2D eigenvalue weighted by atomic mass is 32.2. The highest BCUT2D eigenvalue weighted by Gasteiger charge is 2.34. The summed E-state index contributed by atoms with van der Waals surface area (Å²) in [6.07, 6.45) is 0. The van der Waals surface area contributed by atoms with Crippen LogP contribution in [0.3, 0.4) is 0 Å². The Balaban J connectivity index is 2.88. The second-order valence-corrected chi connectivity index (χ2v) is 6.32. The first-order chi connectivity index (χ1) is 10.7. The van der Waals surface area contributed by atoms with Gasteiger partial charge in [0.05, 0.1) is 14.7 Å². The highest BCUT2D eigenvalue weighted by Crippen LogP contribution is 2.42. The molecule has 0 amide bonds. The van der Waals surface area contributed by atoms with Crippen LogP contribution in [0.5, 0.6) is 0 Å². The van der Waals surface area contributed by atoms with Gasteiger partial charge in [-0.2, -0.15) is 0 Å². The van der Waals surface area contributed by atoms with Gasteiger partial charge < -0.3 is 11.5 Å². The van der Waals surface area contributed by atoms with E-state index in [1.165, 1.54) is 24.3 Å². The molecule has 2 rings (SSSR count). The maximum Gasteiger partial charge on any atom is 0.323 e. The number of hydrogen-bond acceptors (Lipinski definition) is 8.